The molecule has 0 spiro atoms. The lowest BCUT2D eigenvalue weighted by Crippen LogP contribution is -2.43. The predicted molar refractivity (Wildman–Crippen MR) is 114 cm³/mol. The van der Waals surface area contributed by atoms with E-state index in [-0.39, 0.29) is 12.1 Å². The topological polar surface area (TPSA) is 50.8 Å². The number of carbonyl (C=O) groups excluding carboxylic acids is 1. The second kappa shape index (κ2) is 8.27. The third-order valence-corrected chi connectivity index (χ3v) is 5.25. The van der Waals surface area contributed by atoms with Crippen molar-refractivity contribution < 1.29 is 14.3 Å². The Bertz CT molecular complexity index is 984. The molecule has 29 heavy (non-hydrogen) atoms. The fourth-order valence-electron chi connectivity index (χ4n) is 3.61. The molecule has 0 saturated heterocycles. The first-order valence-corrected chi connectivity index (χ1v) is 9.63. The summed E-state index contributed by atoms with van der Waals surface area (Å²) in [6.45, 7) is 0.600. The van der Waals surface area contributed by atoms with Crippen molar-refractivity contribution in [3.63, 3.8) is 0 Å². The van der Waals surface area contributed by atoms with Crippen LogP contribution in [-0.2, 0) is 6.42 Å². The molecule has 1 heterocycles. The second-order valence-corrected chi connectivity index (χ2v) is 6.96. The number of para-hydroxylation sites is 1. The normalized spacial score (nSPS) is 15.4. The van der Waals surface area contributed by atoms with Gasteiger partial charge in [-0.3, -0.25) is 4.79 Å². The van der Waals surface area contributed by atoms with Crippen molar-refractivity contribution in [1.29, 1.82) is 0 Å². The summed E-state index contributed by atoms with van der Waals surface area (Å²) in [5.41, 5.74) is 3.74. The maximum Gasteiger partial charge on any atom is 0.257 e. The minimum Gasteiger partial charge on any atom is -0.497 e. The average Bonchev–Trinajstić information content (AvgIpc) is 2.79. The highest BCUT2D eigenvalue weighted by molar-refractivity contribution is 6.01. The van der Waals surface area contributed by atoms with Gasteiger partial charge in [0, 0.05) is 12.2 Å². The van der Waals surface area contributed by atoms with E-state index >= 15 is 0 Å². The Labute approximate surface area is 170 Å². The van der Waals surface area contributed by atoms with Gasteiger partial charge in [0.2, 0.25) is 0 Å². The van der Waals surface area contributed by atoms with Gasteiger partial charge in [-0.25, -0.2) is 0 Å². The average molecular weight is 388 g/mol. The second-order valence-electron chi connectivity index (χ2n) is 6.96. The van der Waals surface area contributed by atoms with E-state index in [0.717, 1.165) is 34.7 Å². The number of anilines is 1. The molecule has 3 aromatic rings. The van der Waals surface area contributed by atoms with Crippen molar-refractivity contribution in [2.75, 3.05) is 26.1 Å². The van der Waals surface area contributed by atoms with Gasteiger partial charge in [-0.1, -0.05) is 36.4 Å². The molecule has 0 saturated carbocycles. The van der Waals surface area contributed by atoms with Crippen LogP contribution in [0, 0.1) is 0 Å². The van der Waals surface area contributed by atoms with Crippen molar-refractivity contribution >= 4 is 11.6 Å². The van der Waals surface area contributed by atoms with Gasteiger partial charge in [-0.05, 0) is 53.9 Å². The summed E-state index contributed by atoms with van der Waals surface area (Å²) in [5.74, 6) is 1.66. The highest BCUT2D eigenvalue weighted by Gasteiger charge is 2.32. The summed E-state index contributed by atoms with van der Waals surface area (Å²) in [4.78, 5) is 15.2. The van der Waals surface area contributed by atoms with Gasteiger partial charge in [0.15, 0.2) is 0 Å². The number of methoxy groups -OCH3 is 2. The molecular weight excluding hydrogens is 364 g/mol. The van der Waals surface area contributed by atoms with Gasteiger partial charge >= 0.3 is 0 Å². The molecule has 0 unspecified atom stereocenters. The zero-order chi connectivity index (χ0) is 20.2. The van der Waals surface area contributed by atoms with Crippen LogP contribution >= 0.6 is 0 Å². The van der Waals surface area contributed by atoms with Gasteiger partial charge in [0.25, 0.3) is 5.91 Å². The number of rotatable bonds is 6. The summed E-state index contributed by atoms with van der Waals surface area (Å²) in [7, 11) is 3.30. The van der Waals surface area contributed by atoms with Gasteiger partial charge in [0.05, 0.1) is 19.8 Å². The molecule has 5 nitrogen and oxygen atoms in total. The number of nitrogens with zero attached hydrogens (tertiary/aromatic N) is 1. The number of hydrogen-bond acceptors (Lipinski definition) is 4. The number of ether oxygens (including phenoxy) is 2. The summed E-state index contributed by atoms with van der Waals surface area (Å²) in [6.07, 6.45) is 0.522. The molecule has 5 heteroatoms. The Morgan fingerprint density at radius 3 is 2.14 bits per heavy atom. The summed E-state index contributed by atoms with van der Waals surface area (Å²) in [6, 6.07) is 23.5. The van der Waals surface area contributed by atoms with Crippen LogP contribution < -0.4 is 14.8 Å². The molecule has 148 valence electrons. The molecule has 0 bridgehead atoms. The number of hydrogen-bond donors (Lipinski definition) is 1. The molecule has 0 aromatic heterocycles. The monoisotopic (exact) mass is 388 g/mol. The lowest BCUT2D eigenvalue weighted by atomic mass is 10.0. The van der Waals surface area contributed by atoms with Crippen LogP contribution in [-0.4, -0.2) is 31.6 Å². The lowest BCUT2D eigenvalue weighted by Gasteiger charge is -2.38. The van der Waals surface area contributed by atoms with Gasteiger partial charge in [0.1, 0.15) is 17.7 Å². The molecule has 1 amide bonds. The molecule has 3 aromatic carbocycles. The third kappa shape index (κ3) is 3.90. The number of carbonyl (C=O) groups is 1. The summed E-state index contributed by atoms with van der Waals surface area (Å²) in [5, 5.41) is 3.53. The highest BCUT2D eigenvalue weighted by atomic mass is 16.5. The first-order chi connectivity index (χ1) is 14.2. The van der Waals surface area contributed by atoms with Crippen LogP contribution in [0.3, 0.4) is 0 Å². The van der Waals surface area contributed by atoms with E-state index in [9.17, 15) is 4.79 Å². The van der Waals surface area contributed by atoms with E-state index in [1.165, 1.54) is 0 Å². The minimum atomic E-state index is -0.235. The van der Waals surface area contributed by atoms with Crippen molar-refractivity contribution in [2.45, 2.75) is 12.6 Å². The van der Waals surface area contributed by atoms with Crippen LogP contribution in [0.2, 0.25) is 0 Å². The first kappa shape index (κ1) is 18.9. The molecule has 1 N–H and O–H groups in total. The maximum absolute atomic E-state index is 13.3. The van der Waals surface area contributed by atoms with E-state index in [2.05, 4.69) is 5.32 Å². The van der Waals surface area contributed by atoms with Crippen LogP contribution in [0.15, 0.2) is 72.8 Å². The fourth-order valence-corrected chi connectivity index (χ4v) is 3.61. The van der Waals surface area contributed by atoms with Crippen molar-refractivity contribution in [3.05, 3.63) is 89.5 Å². The third-order valence-electron chi connectivity index (χ3n) is 5.25. The zero-order valence-corrected chi connectivity index (χ0v) is 16.6. The number of amides is 1. The highest BCUT2D eigenvalue weighted by Crippen LogP contribution is 2.33. The SMILES string of the molecule is COc1ccc(CCN2C(=O)c3ccccc3N[C@H]2c2ccc(OC)cc2)cc1. The van der Waals surface area contributed by atoms with Gasteiger partial charge < -0.3 is 19.7 Å². The fraction of sp³-hybridized carbons (Fsp3) is 0.208. The Hall–Kier alpha value is -3.47. The van der Waals surface area contributed by atoms with Crippen molar-refractivity contribution in [1.82, 2.24) is 4.90 Å². The largest absolute Gasteiger partial charge is 0.497 e. The van der Waals surface area contributed by atoms with Crippen LogP contribution in [0.4, 0.5) is 5.69 Å². The van der Waals surface area contributed by atoms with Crippen LogP contribution in [0.1, 0.15) is 27.7 Å². The van der Waals surface area contributed by atoms with E-state index in [1.807, 2.05) is 77.7 Å². The Morgan fingerprint density at radius 2 is 1.48 bits per heavy atom. The molecule has 0 aliphatic carbocycles. The molecule has 4 rings (SSSR count). The van der Waals surface area contributed by atoms with Crippen LogP contribution in [0.25, 0.3) is 0 Å². The Balaban J connectivity index is 1.61. The van der Waals surface area contributed by atoms with Gasteiger partial charge in [-0.15, -0.1) is 0 Å². The molecular formula is C24H24N2O3. The Kier molecular flexibility index (Phi) is 5.38. The zero-order valence-electron chi connectivity index (χ0n) is 16.6. The van der Waals surface area contributed by atoms with E-state index in [4.69, 9.17) is 9.47 Å². The maximum atomic E-state index is 13.3. The number of benzene rings is 3. The molecule has 1 atom stereocenters. The molecule has 0 radical (unpaired) electrons. The van der Waals surface area contributed by atoms with Gasteiger partial charge in [-0.2, -0.15) is 0 Å². The van der Waals surface area contributed by atoms with Crippen molar-refractivity contribution in [2.24, 2.45) is 0 Å². The molecule has 0 fully saturated rings. The summed E-state index contributed by atoms with van der Waals surface area (Å²) >= 11 is 0. The molecule has 1 aliphatic heterocycles. The smallest absolute Gasteiger partial charge is 0.257 e. The number of fused-ring (bicyclic) bond motifs is 1. The minimum absolute atomic E-state index is 0.0358. The predicted octanol–water partition coefficient (Wildman–Crippen LogP) is 4.51. The first-order valence-electron chi connectivity index (χ1n) is 9.63. The molecule has 1 aliphatic rings. The lowest BCUT2D eigenvalue weighted by molar-refractivity contribution is 0.0685. The Morgan fingerprint density at radius 1 is 0.862 bits per heavy atom. The quantitative estimate of drug-likeness (QED) is 0.675. The standard InChI is InChI=1S/C24H24N2O3/c1-28-19-11-7-17(8-12-19)15-16-26-23(18-9-13-20(29-2)14-10-18)25-22-6-4-3-5-21(22)24(26)27/h3-14,23,25H,15-16H2,1-2H3/t23-/m1/s1. The number of nitrogens with one attached hydrogen (secondary N) is 1. The summed E-state index contributed by atoms with van der Waals surface area (Å²) < 4.78 is 10.5. The van der Waals surface area contributed by atoms with E-state index < -0.39 is 0 Å². The van der Waals surface area contributed by atoms with Crippen molar-refractivity contribution in [3.8, 4) is 11.5 Å². The van der Waals surface area contributed by atoms with E-state index in [0.29, 0.717) is 12.1 Å². The van der Waals surface area contributed by atoms with E-state index in [1.54, 1.807) is 14.2 Å². The van der Waals surface area contributed by atoms with Crippen LogP contribution in [0.5, 0.6) is 11.5 Å².